The first-order valence-electron chi connectivity index (χ1n) is 2.35. The van der Waals surface area contributed by atoms with Crippen molar-refractivity contribution in [2.75, 3.05) is 12.9 Å². The summed E-state index contributed by atoms with van der Waals surface area (Å²) in [6, 6.07) is 0. The van der Waals surface area contributed by atoms with Crippen LogP contribution in [-0.4, -0.2) is 21.3 Å². The molecule has 0 atom stereocenters. The van der Waals surface area contributed by atoms with Gasteiger partial charge in [-0.1, -0.05) is 6.08 Å². The molecular formula is C4H8O4S2. The fourth-order valence-corrected chi connectivity index (χ4v) is 1.32. The second kappa shape index (κ2) is 4.73. The maximum absolute atomic E-state index is 10.5. The first-order chi connectivity index (χ1) is 4.62. The van der Waals surface area contributed by atoms with Crippen LogP contribution in [0.5, 0.6) is 0 Å². The van der Waals surface area contributed by atoms with Crippen molar-refractivity contribution in [3.8, 4) is 0 Å². The van der Waals surface area contributed by atoms with Crippen LogP contribution >= 0.6 is 12.0 Å². The first-order valence-corrected chi connectivity index (χ1v) is 4.83. The zero-order valence-electron chi connectivity index (χ0n) is 5.44. The van der Waals surface area contributed by atoms with Crippen molar-refractivity contribution in [2.24, 2.45) is 0 Å². The molecule has 0 saturated carbocycles. The lowest BCUT2D eigenvalue weighted by Gasteiger charge is -1.98. The van der Waals surface area contributed by atoms with Gasteiger partial charge in [0.1, 0.15) is 0 Å². The minimum atomic E-state index is -3.80. The summed E-state index contributed by atoms with van der Waals surface area (Å²) in [6.45, 7) is 3.21. The summed E-state index contributed by atoms with van der Waals surface area (Å²) in [5.74, 6) is 0. The highest BCUT2D eigenvalue weighted by molar-refractivity contribution is 8.02. The summed E-state index contributed by atoms with van der Waals surface area (Å²) in [5.41, 5.74) is 0. The van der Waals surface area contributed by atoms with E-state index < -0.39 is 10.4 Å². The van der Waals surface area contributed by atoms with Crippen LogP contribution in [0.15, 0.2) is 12.7 Å². The summed E-state index contributed by atoms with van der Waals surface area (Å²) in [4.78, 5) is 0. The third-order valence-electron chi connectivity index (χ3n) is 0.482. The largest absolute Gasteiger partial charge is 0.411 e. The van der Waals surface area contributed by atoms with E-state index in [1.807, 2.05) is 0 Å². The molecule has 0 radical (unpaired) electrons. The lowest BCUT2D eigenvalue weighted by molar-refractivity contribution is 0.313. The Hall–Kier alpha value is -0.0400. The third kappa shape index (κ3) is 4.80. The molecule has 0 saturated heterocycles. The maximum atomic E-state index is 10.5. The topological polar surface area (TPSA) is 52.6 Å². The van der Waals surface area contributed by atoms with E-state index in [2.05, 4.69) is 14.4 Å². The van der Waals surface area contributed by atoms with E-state index in [0.29, 0.717) is 12.0 Å². The van der Waals surface area contributed by atoms with Crippen LogP contribution in [0, 0.1) is 0 Å². The second-order valence-electron chi connectivity index (χ2n) is 1.22. The van der Waals surface area contributed by atoms with Gasteiger partial charge >= 0.3 is 10.4 Å². The molecule has 10 heavy (non-hydrogen) atoms. The lowest BCUT2D eigenvalue weighted by atomic mass is 10.7. The molecule has 6 heteroatoms. The van der Waals surface area contributed by atoms with E-state index in [9.17, 15) is 8.42 Å². The molecule has 0 aromatic carbocycles. The van der Waals surface area contributed by atoms with E-state index in [1.54, 1.807) is 0 Å². The molecule has 0 aliphatic carbocycles. The number of hydrogen-bond acceptors (Lipinski definition) is 5. The van der Waals surface area contributed by atoms with Gasteiger partial charge in [-0.25, -0.2) is 4.18 Å². The van der Waals surface area contributed by atoms with Gasteiger partial charge in [-0.3, -0.25) is 0 Å². The van der Waals surface area contributed by atoms with Crippen molar-refractivity contribution in [3.05, 3.63) is 12.7 Å². The van der Waals surface area contributed by atoms with Crippen LogP contribution < -0.4 is 0 Å². The fraction of sp³-hybridized carbons (Fsp3) is 0.500. The normalized spacial score (nSPS) is 11.3. The van der Waals surface area contributed by atoms with E-state index in [1.165, 1.54) is 12.3 Å². The van der Waals surface area contributed by atoms with Crippen LogP contribution in [0.1, 0.15) is 0 Å². The Morgan fingerprint density at radius 1 is 1.70 bits per heavy atom. The van der Waals surface area contributed by atoms with E-state index in [4.69, 9.17) is 0 Å². The van der Waals surface area contributed by atoms with Gasteiger partial charge in [0.25, 0.3) is 0 Å². The van der Waals surface area contributed by atoms with Gasteiger partial charge < -0.3 is 0 Å². The molecule has 0 spiro atoms. The zero-order chi connectivity index (χ0) is 8.04. The minimum Gasteiger partial charge on any atom is -0.243 e. The van der Waals surface area contributed by atoms with Gasteiger partial charge in [0, 0.05) is 18.3 Å². The molecule has 0 bridgehead atoms. The Labute approximate surface area is 64.7 Å². The van der Waals surface area contributed by atoms with Crippen molar-refractivity contribution in [1.29, 1.82) is 0 Å². The fourth-order valence-electron chi connectivity index (χ4n) is 0.234. The van der Waals surface area contributed by atoms with Crippen LogP contribution in [0.2, 0.25) is 0 Å². The Morgan fingerprint density at radius 2 is 2.30 bits per heavy atom. The van der Waals surface area contributed by atoms with Gasteiger partial charge in [-0.15, -0.1) is 6.58 Å². The van der Waals surface area contributed by atoms with Crippen molar-refractivity contribution in [2.45, 2.75) is 0 Å². The van der Waals surface area contributed by atoms with Crippen LogP contribution in [-0.2, 0) is 18.2 Å². The van der Waals surface area contributed by atoms with E-state index in [-0.39, 0.29) is 6.61 Å². The van der Waals surface area contributed by atoms with Crippen LogP contribution in [0.3, 0.4) is 0 Å². The molecule has 0 rings (SSSR count). The van der Waals surface area contributed by atoms with Crippen molar-refractivity contribution in [1.82, 2.24) is 0 Å². The van der Waals surface area contributed by atoms with Gasteiger partial charge in [-0.05, 0) is 0 Å². The Bertz CT molecular complexity index is 183. The van der Waals surface area contributed by atoms with E-state index in [0.717, 1.165) is 0 Å². The summed E-state index contributed by atoms with van der Waals surface area (Å²) in [5, 5.41) is 0. The predicted molar refractivity (Wildman–Crippen MR) is 39.7 cm³/mol. The quantitative estimate of drug-likeness (QED) is 0.465. The average Bonchev–Trinajstić information content (AvgIpc) is 1.84. The Kier molecular flexibility index (Phi) is 4.71. The molecular weight excluding hydrogens is 176 g/mol. The standard InChI is InChI=1S/C4H8O4S2/c1-3-4-7-10(5,6)8-9-2/h3H,1,4H2,2H3. The average molecular weight is 184 g/mol. The monoisotopic (exact) mass is 184 g/mol. The molecule has 0 aromatic heterocycles. The molecule has 0 amide bonds. The number of rotatable bonds is 5. The molecule has 60 valence electrons. The molecule has 0 aromatic rings. The molecule has 0 aliphatic rings. The predicted octanol–water partition coefficient (Wildman–Crippen LogP) is 0.728. The van der Waals surface area contributed by atoms with Crippen LogP contribution in [0.25, 0.3) is 0 Å². The highest BCUT2D eigenvalue weighted by Gasteiger charge is 2.08. The highest BCUT2D eigenvalue weighted by Crippen LogP contribution is 2.04. The lowest BCUT2D eigenvalue weighted by Crippen LogP contribution is -2.05. The van der Waals surface area contributed by atoms with Gasteiger partial charge in [0.2, 0.25) is 0 Å². The smallest absolute Gasteiger partial charge is 0.243 e. The van der Waals surface area contributed by atoms with Crippen molar-refractivity contribution < 1.29 is 16.2 Å². The van der Waals surface area contributed by atoms with Crippen LogP contribution in [0.4, 0.5) is 0 Å². The Balaban J connectivity index is 3.76. The van der Waals surface area contributed by atoms with Gasteiger partial charge in [0.15, 0.2) is 0 Å². The molecule has 4 nitrogen and oxygen atoms in total. The molecule has 0 N–H and O–H groups in total. The van der Waals surface area contributed by atoms with Crippen molar-refractivity contribution in [3.63, 3.8) is 0 Å². The third-order valence-corrected chi connectivity index (χ3v) is 2.12. The SMILES string of the molecule is C=CCOS(=O)(=O)OSC. The zero-order valence-corrected chi connectivity index (χ0v) is 7.07. The molecule has 0 aliphatic heterocycles. The van der Waals surface area contributed by atoms with Gasteiger partial charge in [-0.2, -0.15) is 12.0 Å². The molecule has 0 fully saturated rings. The highest BCUT2D eigenvalue weighted by atomic mass is 32.3. The minimum absolute atomic E-state index is 0.0666. The summed E-state index contributed by atoms with van der Waals surface area (Å²) in [6.07, 6.45) is 2.80. The first kappa shape index (κ1) is 9.96. The summed E-state index contributed by atoms with van der Waals surface area (Å²) < 4.78 is 29.3. The van der Waals surface area contributed by atoms with Gasteiger partial charge in [0.05, 0.1) is 6.61 Å². The molecule has 0 unspecified atom stereocenters. The molecule has 0 heterocycles. The number of hydrogen-bond donors (Lipinski definition) is 0. The van der Waals surface area contributed by atoms with Crippen molar-refractivity contribution >= 4 is 22.4 Å². The Morgan fingerprint density at radius 3 is 2.70 bits per heavy atom. The summed E-state index contributed by atoms with van der Waals surface area (Å²) >= 11 is 0.712. The second-order valence-corrected chi connectivity index (χ2v) is 3.15. The van der Waals surface area contributed by atoms with E-state index >= 15 is 0 Å². The maximum Gasteiger partial charge on any atom is 0.411 e. The summed E-state index contributed by atoms with van der Waals surface area (Å²) in [7, 11) is -3.80.